The number of nitrogens with zero attached hydrogens (tertiary/aromatic N) is 2. The zero-order valence-corrected chi connectivity index (χ0v) is 33.2. The van der Waals surface area contributed by atoms with Crippen LogP contribution in [0, 0.1) is 0 Å². The van der Waals surface area contributed by atoms with Gasteiger partial charge in [-0.15, -0.1) is 0 Å². The average molecular weight is 755 g/mol. The first kappa shape index (κ1) is 34.8. The van der Waals surface area contributed by atoms with Gasteiger partial charge in [0.1, 0.15) is 0 Å². The van der Waals surface area contributed by atoms with E-state index in [2.05, 4.69) is 242 Å². The van der Waals surface area contributed by atoms with E-state index < -0.39 is 0 Å². The number of benzene rings is 9. The molecule has 0 unspecified atom stereocenters. The molecule has 1 aliphatic carbocycles. The number of hydrogen-bond acceptors (Lipinski definition) is 1. The number of anilines is 3. The Kier molecular flexibility index (Phi) is 8.20. The van der Waals surface area contributed by atoms with Crippen molar-refractivity contribution in [2.75, 3.05) is 4.90 Å². The Balaban J connectivity index is 1.26. The van der Waals surface area contributed by atoms with Gasteiger partial charge in [0.2, 0.25) is 0 Å². The molecule has 0 spiro atoms. The minimum atomic E-state index is -0.243. The maximum atomic E-state index is 2.56. The van der Waals surface area contributed by atoms with Crippen LogP contribution in [-0.4, -0.2) is 4.57 Å². The normalized spacial score (nSPS) is 12.7. The molecule has 0 amide bonds. The van der Waals surface area contributed by atoms with Crippen molar-refractivity contribution in [1.29, 1.82) is 0 Å². The number of para-hydroxylation sites is 2. The highest BCUT2D eigenvalue weighted by molar-refractivity contribution is 6.11. The van der Waals surface area contributed by atoms with Gasteiger partial charge in [0.15, 0.2) is 0 Å². The van der Waals surface area contributed by atoms with Crippen molar-refractivity contribution in [3.05, 3.63) is 230 Å². The number of fused-ring (bicyclic) bond motifs is 6. The average Bonchev–Trinajstić information content (AvgIpc) is 3.75. The van der Waals surface area contributed by atoms with Crippen LogP contribution < -0.4 is 4.90 Å². The van der Waals surface area contributed by atoms with Gasteiger partial charge in [-0.1, -0.05) is 184 Å². The lowest BCUT2D eigenvalue weighted by Gasteiger charge is -2.34. The Morgan fingerprint density at radius 3 is 1.68 bits per heavy atom. The molecule has 10 aromatic rings. The molecule has 2 nitrogen and oxygen atoms in total. The van der Waals surface area contributed by atoms with Crippen molar-refractivity contribution in [3.8, 4) is 50.2 Å². The topological polar surface area (TPSA) is 8.17 Å². The van der Waals surface area contributed by atoms with Crippen LogP contribution in [0.15, 0.2) is 218 Å². The summed E-state index contributed by atoms with van der Waals surface area (Å²) in [5, 5.41) is 2.44. The summed E-state index contributed by atoms with van der Waals surface area (Å²) in [4.78, 5) is 2.56. The molecule has 2 heteroatoms. The van der Waals surface area contributed by atoms with Gasteiger partial charge in [-0.25, -0.2) is 0 Å². The van der Waals surface area contributed by atoms with Gasteiger partial charge < -0.3 is 9.47 Å². The molecule has 9 aromatic carbocycles. The molecule has 1 aromatic heterocycles. The summed E-state index contributed by atoms with van der Waals surface area (Å²) in [5.74, 6) is 0. The third kappa shape index (κ3) is 5.56. The van der Waals surface area contributed by atoms with Gasteiger partial charge in [0, 0.05) is 33.1 Å². The highest BCUT2D eigenvalue weighted by atomic mass is 15.2. The number of rotatable bonds is 7. The molecule has 0 N–H and O–H groups in total. The van der Waals surface area contributed by atoms with E-state index in [0.29, 0.717) is 0 Å². The van der Waals surface area contributed by atoms with E-state index in [1.165, 1.54) is 83.1 Å². The van der Waals surface area contributed by atoms with Gasteiger partial charge in [-0.3, -0.25) is 0 Å². The van der Waals surface area contributed by atoms with Crippen LogP contribution >= 0.6 is 0 Å². The molecule has 0 saturated heterocycles. The predicted octanol–water partition coefficient (Wildman–Crippen LogP) is 15.6. The molecule has 0 saturated carbocycles. The fourth-order valence-corrected chi connectivity index (χ4v) is 9.81. The van der Waals surface area contributed by atoms with Crippen molar-refractivity contribution >= 4 is 38.9 Å². The molecule has 1 aliphatic rings. The molecule has 280 valence electrons. The molecule has 0 aliphatic heterocycles. The highest BCUT2D eigenvalue weighted by Gasteiger charge is 2.39. The number of hydrogen-bond donors (Lipinski definition) is 0. The minimum Gasteiger partial charge on any atom is -0.309 e. The molecule has 0 radical (unpaired) electrons. The summed E-state index contributed by atoms with van der Waals surface area (Å²) in [7, 11) is 0. The number of aromatic nitrogens is 1. The van der Waals surface area contributed by atoms with E-state index in [-0.39, 0.29) is 5.41 Å². The van der Waals surface area contributed by atoms with Crippen LogP contribution in [0.4, 0.5) is 17.1 Å². The zero-order chi connectivity index (χ0) is 39.5. The minimum absolute atomic E-state index is 0.243. The van der Waals surface area contributed by atoms with E-state index >= 15 is 0 Å². The first-order valence-electron chi connectivity index (χ1n) is 20.5. The molecular weight excluding hydrogens is 713 g/mol. The lowest BCUT2D eigenvalue weighted by atomic mass is 9.81. The highest BCUT2D eigenvalue weighted by Crippen LogP contribution is 2.56. The molecule has 1 heterocycles. The maximum Gasteiger partial charge on any atom is 0.0546 e. The van der Waals surface area contributed by atoms with E-state index in [0.717, 1.165) is 17.1 Å². The molecule has 0 fully saturated rings. The second kappa shape index (κ2) is 13.9. The van der Waals surface area contributed by atoms with E-state index in [4.69, 9.17) is 0 Å². The summed E-state index contributed by atoms with van der Waals surface area (Å²) >= 11 is 0. The first-order chi connectivity index (χ1) is 29.1. The van der Waals surface area contributed by atoms with Crippen molar-refractivity contribution in [1.82, 2.24) is 4.57 Å². The first-order valence-corrected chi connectivity index (χ1v) is 20.5. The lowest BCUT2D eigenvalue weighted by molar-refractivity contribution is 0.661. The lowest BCUT2D eigenvalue weighted by Crippen LogP contribution is -2.21. The van der Waals surface area contributed by atoms with Gasteiger partial charge in [0.05, 0.1) is 22.4 Å². The van der Waals surface area contributed by atoms with E-state index in [1.807, 2.05) is 0 Å². The molecule has 0 atom stereocenters. The van der Waals surface area contributed by atoms with Crippen LogP contribution in [-0.2, 0) is 5.41 Å². The van der Waals surface area contributed by atoms with Gasteiger partial charge in [0.25, 0.3) is 0 Å². The third-order valence-electron chi connectivity index (χ3n) is 12.4. The van der Waals surface area contributed by atoms with E-state index in [1.54, 1.807) is 0 Å². The van der Waals surface area contributed by atoms with Crippen LogP contribution in [0.5, 0.6) is 0 Å². The van der Waals surface area contributed by atoms with E-state index in [9.17, 15) is 0 Å². The molecule has 0 bridgehead atoms. The fourth-order valence-electron chi connectivity index (χ4n) is 9.81. The monoisotopic (exact) mass is 754 g/mol. The summed E-state index contributed by atoms with van der Waals surface area (Å²) in [6.07, 6.45) is 0. The SMILES string of the molecule is CC1(C)c2ccccc2-c2cccc(N(c3ccc4c(c3)c3ccccc3n4-c3ccccc3)c3cccc(-c4ccccc4)c3-c3ccccc3-c3ccccc3)c21. The second-order valence-corrected chi connectivity index (χ2v) is 16.1. The summed E-state index contributed by atoms with van der Waals surface area (Å²) < 4.78 is 2.40. The van der Waals surface area contributed by atoms with Crippen LogP contribution in [0.1, 0.15) is 25.0 Å². The Bertz CT molecular complexity index is 3170. The maximum absolute atomic E-state index is 2.56. The van der Waals surface area contributed by atoms with Gasteiger partial charge in [-0.05, 0) is 98.6 Å². The van der Waals surface area contributed by atoms with Crippen molar-refractivity contribution in [3.63, 3.8) is 0 Å². The Labute approximate surface area is 345 Å². The summed E-state index contributed by atoms with van der Waals surface area (Å²) in [6.45, 7) is 4.78. The zero-order valence-electron chi connectivity index (χ0n) is 33.2. The quantitative estimate of drug-likeness (QED) is 0.157. The fraction of sp³-hybridized carbons (Fsp3) is 0.0526. The van der Waals surface area contributed by atoms with Crippen molar-refractivity contribution in [2.45, 2.75) is 19.3 Å². The third-order valence-corrected chi connectivity index (χ3v) is 12.4. The molecule has 11 rings (SSSR count). The van der Waals surface area contributed by atoms with Crippen LogP contribution in [0.25, 0.3) is 72.0 Å². The summed E-state index contributed by atoms with van der Waals surface area (Å²) in [5.41, 5.74) is 19.1. The Morgan fingerprint density at radius 2 is 0.932 bits per heavy atom. The van der Waals surface area contributed by atoms with Gasteiger partial charge >= 0.3 is 0 Å². The molecular formula is C57H42N2. The smallest absolute Gasteiger partial charge is 0.0546 e. The Morgan fingerprint density at radius 1 is 0.390 bits per heavy atom. The van der Waals surface area contributed by atoms with Crippen molar-refractivity contribution < 1.29 is 0 Å². The van der Waals surface area contributed by atoms with Gasteiger partial charge in [-0.2, -0.15) is 0 Å². The largest absolute Gasteiger partial charge is 0.309 e. The standard InChI is InChI=1S/C57H42N2/c1-57(2)50-32-16-14-27-45(50)48-31-19-35-54(56(48)57)59(42-36-37-52-49(38-42)46-28-15-17-33-51(46)58(52)41-24-10-5-11-25-41)53-34-18-30-44(40-22-8-4-9-23-40)55(53)47-29-13-12-26-43(47)39-20-6-3-7-21-39/h3-38H,1-2H3. The van der Waals surface area contributed by atoms with Crippen molar-refractivity contribution in [2.24, 2.45) is 0 Å². The summed E-state index contributed by atoms with van der Waals surface area (Å²) in [6, 6.07) is 79.9. The Hall–Kier alpha value is -7.42. The van der Waals surface area contributed by atoms with Crippen LogP contribution in [0.2, 0.25) is 0 Å². The second-order valence-electron chi connectivity index (χ2n) is 16.1. The van der Waals surface area contributed by atoms with Crippen LogP contribution in [0.3, 0.4) is 0 Å². The predicted molar refractivity (Wildman–Crippen MR) is 249 cm³/mol. The molecule has 59 heavy (non-hydrogen) atoms.